The number of amides is 3. The van der Waals surface area contributed by atoms with E-state index < -0.39 is 30.3 Å². The number of carbonyl (C=O) groups excluding carboxylic acids is 4. The van der Waals surface area contributed by atoms with Gasteiger partial charge in [0.25, 0.3) is 5.91 Å². The molecule has 8 rings (SSSR count). The maximum atomic E-state index is 14.1. The van der Waals surface area contributed by atoms with Crippen LogP contribution in [0.1, 0.15) is 50.0 Å². The Morgan fingerprint density at radius 3 is 1.76 bits per heavy atom. The number of nitrogens with zero attached hydrogens (tertiary/aromatic N) is 1. The molecule has 1 fully saturated rings. The molecule has 4 aliphatic rings. The maximum Gasteiger partial charge on any atom is 0.340 e. The normalized spacial score (nSPS) is 21.6. The summed E-state index contributed by atoms with van der Waals surface area (Å²) < 4.78 is 5.35. The minimum absolute atomic E-state index is 0.0545. The number of nitrogens with one attached hydrogen (secondary N) is 1. The SMILES string of the molecule is Cc1ccccc1NC(=O)COC(=O)c1ccccc1N1C(=O)[C@H]2C3c4ccccc4C(c4ccccc43)[C@@H]2C1=O. The molecular weight excluding hydrogens is 516 g/mol. The van der Waals surface area contributed by atoms with Gasteiger partial charge in [0.05, 0.1) is 23.1 Å². The van der Waals surface area contributed by atoms with Crippen molar-refractivity contribution in [3.63, 3.8) is 0 Å². The van der Waals surface area contributed by atoms with Gasteiger partial charge in [-0.15, -0.1) is 0 Å². The van der Waals surface area contributed by atoms with Crippen LogP contribution in [0.5, 0.6) is 0 Å². The fourth-order valence-electron chi connectivity index (χ4n) is 6.86. The minimum Gasteiger partial charge on any atom is -0.452 e. The molecule has 2 bridgehead atoms. The van der Waals surface area contributed by atoms with Crippen molar-refractivity contribution < 1.29 is 23.9 Å². The van der Waals surface area contributed by atoms with Gasteiger partial charge in [0.15, 0.2) is 6.61 Å². The Morgan fingerprint density at radius 2 is 1.20 bits per heavy atom. The Hall–Kier alpha value is -5.04. The number of carbonyl (C=O) groups is 4. The Balaban J connectivity index is 1.19. The monoisotopic (exact) mass is 542 g/mol. The van der Waals surface area contributed by atoms with Crippen LogP contribution in [0, 0.1) is 18.8 Å². The fraction of sp³-hybridized carbons (Fsp3) is 0.176. The summed E-state index contributed by atoms with van der Waals surface area (Å²) in [6, 6.07) is 29.8. The topological polar surface area (TPSA) is 92.8 Å². The number of rotatable bonds is 5. The van der Waals surface area contributed by atoms with Gasteiger partial charge in [0, 0.05) is 17.5 Å². The smallest absolute Gasteiger partial charge is 0.340 e. The molecule has 0 radical (unpaired) electrons. The standard InChI is InChI=1S/C34H26N2O5/c1-19-10-2-8-16-25(19)35-27(37)18-41-34(40)24-15-7-9-17-26(24)36-32(38)30-28-20-11-3-4-12-21(20)29(31(30)33(36)39)23-14-6-5-13-22(23)28/h2-17,28-31H,18H2,1H3,(H,35,37)/t28?,29?,30-,31-/m0/s1. The van der Waals surface area contributed by atoms with Crippen molar-refractivity contribution in [1.82, 2.24) is 0 Å². The first-order valence-corrected chi connectivity index (χ1v) is 13.6. The van der Waals surface area contributed by atoms with Gasteiger partial charge < -0.3 is 10.1 Å². The van der Waals surface area contributed by atoms with Gasteiger partial charge in [-0.05, 0) is 52.9 Å². The summed E-state index contributed by atoms with van der Waals surface area (Å²) in [6.07, 6.45) is 0. The van der Waals surface area contributed by atoms with Gasteiger partial charge in [-0.2, -0.15) is 0 Å². The molecule has 1 saturated heterocycles. The highest BCUT2D eigenvalue weighted by atomic mass is 16.5. The minimum atomic E-state index is -0.787. The van der Waals surface area contributed by atoms with Crippen LogP contribution < -0.4 is 10.2 Å². The van der Waals surface area contributed by atoms with Crippen LogP contribution in [-0.4, -0.2) is 30.3 Å². The summed E-state index contributed by atoms with van der Waals surface area (Å²) in [6.45, 7) is 1.35. The molecule has 1 aliphatic heterocycles. The number of aryl methyl sites for hydroxylation is 1. The van der Waals surface area contributed by atoms with E-state index in [0.29, 0.717) is 5.69 Å². The lowest BCUT2D eigenvalue weighted by molar-refractivity contribution is -0.122. The molecule has 3 amide bonds. The highest BCUT2D eigenvalue weighted by Crippen LogP contribution is 2.61. The first-order valence-electron chi connectivity index (χ1n) is 13.6. The van der Waals surface area contributed by atoms with Crippen molar-refractivity contribution >= 4 is 35.1 Å². The van der Waals surface area contributed by atoms with Gasteiger partial charge in [-0.25, -0.2) is 9.69 Å². The zero-order chi connectivity index (χ0) is 28.2. The van der Waals surface area contributed by atoms with Crippen molar-refractivity contribution in [3.8, 4) is 0 Å². The average Bonchev–Trinajstić information content (AvgIpc) is 3.27. The van der Waals surface area contributed by atoms with Crippen LogP contribution in [0.3, 0.4) is 0 Å². The Labute approximate surface area is 236 Å². The highest BCUT2D eigenvalue weighted by molar-refractivity contribution is 6.25. The molecule has 7 heteroatoms. The summed E-state index contributed by atoms with van der Waals surface area (Å²) in [7, 11) is 0. The lowest BCUT2D eigenvalue weighted by Gasteiger charge is -2.45. The van der Waals surface area contributed by atoms with E-state index in [0.717, 1.165) is 32.7 Å². The second-order valence-corrected chi connectivity index (χ2v) is 10.7. The van der Waals surface area contributed by atoms with Gasteiger partial charge in [0.2, 0.25) is 11.8 Å². The predicted octanol–water partition coefficient (Wildman–Crippen LogP) is 5.19. The zero-order valence-electron chi connectivity index (χ0n) is 22.2. The van der Waals surface area contributed by atoms with Crippen LogP contribution >= 0.6 is 0 Å². The van der Waals surface area contributed by atoms with E-state index in [1.54, 1.807) is 30.3 Å². The molecular formula is C34H26N2O5. The molecule has 0 aromatic heterocycles. The second-order valence-electron chi connectivity index (χ2n) is 10.7. The molecule has 41 heavy (non-hydrogen) atoms. The first kappa shape index (κ1) is 25.0. The van der Waals surface area contributed by atoms with Crippen molar-refractivity contribution in [3.05, 3.63) is 130 Å². The molecule has 4 aromatic rings. The maximum absolute atomic E-state index is 14.1. The third-order valence-corrected chi connectivity index (χ3v) is 8.57. The fourth-order valence-corrected chi connectivity index (χ4v) is 6.86. The van der Waals surface area contributed by atoms with Crippen molar-refractivity contribution in [2.75, 3.05) is 16.8 Å². The predicted molar refractivity (Wildman–Crippen MR) is 153 cm³/mol. The van der Waals surface area contributed by atoms with Gasteiger partial charge in [0.1, 0.15) is 0 Å². The molecule has 2 atom stereocenters. The Kier molecular flexibility index (Phi) is 5.82. The molecule has 7 nitrogen and oxygen atoms in total. The summed E-state index contributed by atoms with van der Waals surface area (Å²) in [5.74, 6) is -3.55. The van der Waals surface area contributed by atoms with E-state index in [2.05, 4.69) is 5.32 Å². The number of imide groups is 1. The third-order valence-electron chi connectivity index (χ3n) is 8.57. The van der Waals surface area contributed by atoms with E-state index in [-0.39, 0.29) is 34.9 Å². The molecule has 1 N–H and O–H groups in total. The lowest BCUT2D eigenvalue weighted by Crippen LogP contribution is -2.41. The lowest BCUT2D eigenvalue weighted by atomic mass is 9.55. The molecule has 0 spiro atoms. The number of para-hydroxylation sites is 2. The Morgan fingerprint density at radius 1 is 0.707 bits per heavy atom. The summed E-state index contributed by atoms with van der Waals surface area (Å²) in [5.41, 5.74) is 6.04. The van der Waals surface area contributed by atoms with Gasteiger partial charge in [-0.1, -0.05) is 78.9 Å². The van der Waals surface area contributed by atoms with E-state index in [1.807, 2.05) is 67.6 Å². The zero-order valence-corrected chi connectivity index (χ0v) is 22.2. The number of hydrogen-bond acceptors (Lipinski definition) is 5. The van der Waals surface area contributed by atoms with Crippen molar-refractivity contribution in [2.24, 2.45) is 11.8 Å². The molecule has 4 aromatic carbocycles. The largest absolute Gasteiger partial charge is 0.452 e. The average molecular weight is 543 g/mol. The summed E-state index contributed by atoms with van der Waals surface area (Å²) in [4.78, 5) is 55.1. The molecule has 1 heterocycles. The van der Waals surface area contributed by atoms with Gasteiger partial charge in [-0.3, -0.25) is 14.4 Å². The summed E-state index contributed by atoms with van der Waals surface area (Å²) in [5, 5.41) is 2.73. The molecule has 202 valence electrons. The first-order chi connectivity index (χ1) is 20.0. The number of benzene rings is 4. The van der Waals surface area contributed by atoms with E-state index in [1.165, 1.54) is 6.07 Å². The van der Waals surface area contributed by atoms with Gasteiger partial charge >= 0.3 is 5.97 Å². The number of esters is 1. The number of anilines is 2. The highest BCUT2D eigenvalue weighted by Gasteiger charge is 2.62. The number of hydrogen-bond donors (Lipinski definition) is 1. The van der Waals surface area contributed by atoms with Crippen LogP contribution in [0.25, 0.3) is 0 Å². The van der Waals surface area contributed by atoms with E-state index >= 15 is 0 Å². The second kappa shape index (κ2) is 9.55. The van der Waals surface area contributed by atoms with Crippen molar-refractivity contribution in [1.29, 1.82) is 0 Å². The molecule has 0 saturated carbocycles. The summed E-state index contributed by atoms with van der Waals surface area (Å²) >= 11 is 0. The number of ether oxygens (including phenoxy) is 1. The van der Waals surface area contributed by atoms with Crippen LogP contribution in [0.2, 0.25) is 0 Å². The molecule has 3 aliphatic carbocycles. The quantitative estimate of drug-likeness (QED) is 0.277. The van der Waals surface area contributed by atoms with Crippen LogP contribution in [-0.2, 0) is 19.1 Å². The van der Waals surface area contributed by atoms with E-state index in [9.17, 15) is 19.2 Å². The van der Waals surface area contributed by atoms with Crippen LogP contribution in [0.4, 0.5) is 11.4 Å². The van der Waals surface area contributed by atoms with Crippen molar-refractivity contribution in [2.45, 2.75) is 18.8 Å². The molecule has 0 unspecified atom stereocenters. The van der Waals surface area contributed by atoms with E-state index in [4.69, 9.17) is 4.74 Å². The third kappa shape index (κ3) is 3.80. The Bertz CT molecular complexity index is 1650. The van der Waals surface area contributed by atoms with Crippen LogP contribution in [0.15, 0.2) is 97.1 Å².